The molecule has 0 aliphatic heterocycles. The largest absolute Gasteiger partial charge is 0.472 e. The lowest BCUT2D eigenvalue weighted by atomic mass is 10.0. The number of unbranched alkanes of at least 4 members (excludes halogenated alkanes) is 28. The Morgan fingerprint density at radius 2 is 0.559 bits per heavy atom. The fraction of sp³-hybridized carbons (Fsp3) is 0.639. The average Bonchev–Trinajstić information content (AvgIpc) is 3.60. The maximum Gasteiger partial charge on any atom is 0.472 e. The Kier molecular flexibility index (Phi) is 72.6. The van der Waals surface area contributed by atoms with E-state index in [0.29, 0.717) is 6.42 Å². The summed E-state index contributed by atoms with van der Waals surface area (Å²) in [5.74, 6) is -0.831. The molecule has 0 aliphatic rings. The highest BCUT2D eigenvalue weighted by Gasteiger charge is 2.26. The summed E-state index contributed by atoms with van der Waals surface area (Å²) in [5.41, 5.74) is 5.41. The van der Waals surface area contributed by atoms with Crippen LogP contribution in [0.5, 0.6) is 0 Å². The van der Waals surface area contributed by atoms with Crippen LogP contribution in [0.25, 0.3) is 0 Å². The van der Waals surface area contributed by atoms with Gasteiger partial charge in [0.25, 0.3) is 0 Å². The van der Waals surface area contributed by atoms with Gasteiger partial charge in [0.05, 0.1) is 13.2 Å². The highest BCUT2D eigenvalue weighted by Crippen LogP contribution is 2.43. The van der Waals surface area contributed by atoms with Gasteiger partial charge in [-0.2, -0.15) is 0 Å². The van der Waals surface area contributed by atoms with E-state index in [0.717, 1.165) is 135 Å². The fourth-order valence-electron chi connectivity index (χ4n) is 10.1. The van der Waals surface area contributed by atoms with Crippen molar-refractivity contribution >= 4 is 19.8 Å². The third kappa shape index (κ3) is 76.3. The first-order valence-corrected chi connectivity index (χ1v) is 39.1. The lowest BCUT2D eigenvalue weighted by molar-refractivity contribution is -0.161. The minimum Gasteiger partial charge on any atom is -0.462 e. The predicted molar refractivity (Wildman–Crippen MR) is 403 cm³/mol. The van der Waals surface area contributed by atoms with Crippen molar-refractivity contribution in [2.45, 2.75) is 315 Å². The van der Waals surface area contributed by atoms with Crippen LogP contribution in [0.2, 0.25) is 0 Å². The zero-order valence-corrected chi connectivity index (χ0v) is 60.3. The topological polar surface area (TPSA) is 134 Å². The minimum atomic E-state index is -4.41. The fourth-order valence-corrected chi connectivity index (χ4v) is 10.9. The third-order valence-corrected chi connectivity index (χ3v) is 16.6. The highest BCUT2D eigenvalue weighted by atomic mass is 31.2. The number of esters is 2. The standard InChI is InChI=1S/C83H138NO8P/c1-3-5-7-9-11-13-15-17-19-21-23-25-27-29-31-33-35-37-38-39-40-41-42-44-46-48-50-52-54-56-58-60-62-64-66-68-70-72-74-76-83(86)92-81(80-91-93(87,88)90-78-77-84)79-89-82(85)75-73-71-69-67-65-63-61-59-57-55-53-51-49-47-45-43-36-34-32-30-28-26-24-22-20-18-16-14-12-10-8-6-4-2/h5-8,11-14,17-20,23-26,29-32,35,37,39-40,42,44,48,50,81H,3-4,9-10,15-16,21-22,27-28,33-34,36,38,41,43,45-47,49,51-80,84H2,1-2H3,(H,87,88)/b7-5-,8-6-,13-11-,14-12-,19-17-,20-18-,25-23-,26-24-,31-29-,32-30-,37-35-,40-39-,44-42-,50-48-. The first kappa shape index (κ1) is 88.4. The number of hydrogen-bond donors (Lipinski definition) is 2. The Labute approximate surface area is 571 Å². The van der Waals surface area contributed by atoms with Crippen molar-refractivity contribution in [3.05, 3.63) is 170 Å². The number of phosphoric ester groups is 1. The van der Waals surface area contributed by atoms with E-state index >= 15 is 0 Å². The summed E-state index contributed by atoms with van der Waals surface area (Å²) in [6.07, 6.45) is 113. The van der Waals surface area contributed by atoms with Crippen molar-refractivity contribution in [3.8, 4) is 0 Å². The molecule has 2 unspecified atom stereocenters. The molecule has 0 bridgehead atoms. The first-order chi connectivity index (χ1) is 45.8. The van der Waals surface area contributed by atoms with Gasteiger partial charge in [-0.3, -0.25) is 18.6 Å². The number of ether oxygens (including phenoxy) is 2. The Morgan fingerprint density at radius 3 is 0.828 bits per heavy atom. The second-order valence-corrected chi connectivity index (χ2v) is 25.9. The van der Waals surface area contributed by atoms with Gasteiger partial charge in [0.15, 0.2) is 6.10 Å². The number of nitrogens with two attached hydrogens (primary N) is 1. The van der Waals surface area contributed by atoms with Crippen LogP contribution in [0.15, 0.2) is 170 Å². The molecule has 0 aromatic rings. The van der Waals surface area contributed by atoms with E-state index in [1.54, 1.807) is 0 Å². The van der Waals surface area contributed by atoms with Crippen molar-refractivity contribution in [2.24, 2.45) is 5.73 Å². The molecule has 0 spiro atoms. The molecule has 0 heterocycles. The summed E-state index contributed by atoms with van der Waals surface area (Å²) in [6, 6.07) is 0. The lowest BCUT2D eigenvalue weighted by Gasteiger charge is -2.19. The predicted octanol–water partition coefficient (Wildman–Crippen LogP) is 25.3. The Hall–Kier alpha value is -4.63. The van der Waals surface area contributed by atoms with Gasteiger partial charge in [-0.1, -0.05) is 338 Å². The van der Waals surface area contributed by atoms with Crippen LogP contribution in [0, 0.1) is 0 Å². The van der Waals surface area contributed by atoms with E-state index in [1.807, 2.05) is 0 Å². The third-order valence-electron chi connectivity index (χ3n) is 15.6. The average molecular weight is 1310 g/mol. The van der Waals surface area contributed by atoms with Gasteiger partial charge < -0.3 is 20.1 Å². The van der Waals surface area contributed by atoms with Gasteiger partial charge in [-0.05, 0) is 128 Å². The molecule has 3 N–H and O–H groups in total. The number of carbonyl (C=O) groups is 2. The molecule has 93 heavy (non-hydrogen) atoms. The van der Waals surface area contributed by atoms with Gasteiger partial charge in [-0.25, -0.2) is 4.57 Å². The van der Waals surface area contributed by atoms with Crippen LogP contribution in [-0.2, 0) is 32.7 Å². The van der Waals surface area contributed by atoms with Crippen LogP contribution in [0.1, 0.15) is 309 Å². The summed E-state index contributed by atoms with van der Waals surface area (Å²) < 4.78 is 33.2. The molecular weight excluding hydrogens is 1170 g/mol. The smallest absolute Gasteiger partial charge is 0.462 e. The molecule has 0 saturated carbocycles. The van der Waals surface area contributed by atoms with Crippen LogP contribution in [0.3, 0.4) is 0 Å². The van der Waals surface area contributed by atoms with Crippen molar-refractivity contribution < 1.29 is 37.6 Å². The van der Waals surface area contributed by atoms with E-state index in [2.05, 4.69) is 184 Å². The van der Waals surface area contributed by atoms with E-state index in [1.165, 1.54) is 141 Å². The molecule has 0 fully saturated rings. The highest BCUT2D eigenvalue weighted by molar-refractivity contribution is 7.47. The molecule has 0 rings (SSSR count). The van der Waals surface area contributed by atoms with Gasteiger partial charge >= 0.3 is 19.8 Å². The second kappa shape index (κ2) is 76.4. The number of carbonyl (C=O) groups excluding carboxylic acids is 2. The summed E-state index contributed by atoms with van der Waals surface area (Å²) >= 11 is 0. The van der Waals surface area contributed by atoms with Gasteiger partial charge in [0.1, 0.15) is 6.61 Å². The summed E-state index contributed by atoms with van der Waals surface area (Å²) in [7, 11) is -4.41. The number of hydrogen-bond acceptors (Lipinski definition) is 8. The quantitative estimate of drug-likeness (QED) is 0.0264. The number of phosphoric acid groups is 1. The Bertz CT molecular complexity index is 2140. The molecule has 2 atom stereocenters. The number of allylic oxidation sites excluding steroid dienone is 28. The molecule has 9 nitrogen and oxygen atoms in total. The summed E-state index contributed by atoms with van der Waals surface area (Å²) in [6.45, 7) is 3.53. The molecule has 0 aromatic heterocycles. The molecule has 528 valence electrons. The van der Waals surface area contributed by atoms with E-state index in [-0.39, 0.29) is 38.6 Å². The van der Waals surface area contributed by atoms with Crippen LogP contribution >= 0.6 is 7.82 Å². The first-order valence-electron chi connectivity index (χ1n) is 37.6. The normalized spacial score (nSPS) is 13.9. The zero-order chi connectivity index (χ0) is 67.2. The summed E-state index contributed by atoms with van der Waals surface area (Å²) in [5, 5.41) is 0. The van der Waals surface area contributed by atoms with Crippen LogP contribution < -0.4 is 5.73 Å². The number of rotatable bonds is 69. The minimum absolute atomic E-state index is 0.0468. The Morgan fingerprint density at radius 1 is 0.323 bits per heavy atom. The van der Waals surface area contributed by atoms with Crippen molar-refractivity contribution in [2.75, 3.05) is 26.4 Å². The maximum atomic E-state index is 12.8. The van der Waals surface area contributed by atoms with Crippen molar-refractivity contribution in [3.63, 3.8) is 0 Å². The van der Waals surface area contributed by atoms with Crippen LogP contribution in [0.4, 0.5) is 0 Å². The molecule has 0 amide bonds. The SMILES string of the molecule is CC/C=C\C/C=C\C/C=C\C/C=C\C/C=C\C/C=C\C/C=C\C/C=C\C/C=C\CCCCCCCCCCCCCC(=O)OC(COC(=O)CCCCCCCCCCCCCCCCCCC/C=C\C/C=C\C/C=C\C/C=C\C/C=C\CC)COP(=O)(O)OCCN. The van der Waals surface area contributed by atoms with Crippen molar-refractivity contribution in [1.82, 2.24) is 0 Å². The molecule has 0 saturated heterocycles. The van der Waals surface area contributed by atoms with Crippen molar-refractivity contribution in [1.29, 1.82) is 0 Å². The van der Waals surface area contributed by atoms with E-state index in [9.17, 15) is 19.0 Å². The maximum absolute atomic E-state index is 12.8. The van der Waals surface area contributed by atoms with Gasteiger partial charge in [0, 0.05) is 19.4 Å². The van der Waals surface area contributed by atoms with Gasteiger partial charge in [-0.15, -0.1) is 0 Å². The lowest BCUT2D eigenvalue weighted by Crippen LogP contribution is -2.29. The van der Waals surface area contributed by atoms with Gasteiger partial charge in [0.2, 0.25) is 0 Å². The second-order valence-electron chi connectivity index (χ2n) is 24.4. The van der Waals surface area contributed by atoms with E-state index in [4.69, 9.17) is 24.3 Å². The molecule has 0 aromatic carbocycles. The zero-order valence-electron chi connectivity index (χ0n) is 59.4. The summed E-state index contributed by atoms with van der Waals surface area (Å²) in [4.78, 5) is 35.4. The molecule has 10 heteroatoms. The van der Waals surface area contributed by atoms with Crippen LogP contribution in [-0.4, -0.2) is 49.3 Å². The molecule has 0 aliphatic carbocycles. The molecular formula is C83H138NO8P. The monoisotopic (exact) mass is 1310 g/mol. The molecule has 0 radical (unpaired) electrons. The van der Waals surface area contributed by atoms with E-state index < -0.39 is 26.5 Å². The Balaban J connectivity index is 3.90.